The molecule has 3 aliphatic heterocycles. The monoisotopic (exact) mass is 314 g/mol. The van der Waals surface area contributed by atoms with Crippen molar-refractivity contribution in [1.82, 2.24) is 30.2 Å². The van der Waals surface area contributed by atoms with Gasteiger partial charge in [-0.15, -0.1) is 0 Å². The standard InChI is InChI=1S/C12H22N6S2/c19-11-13-1-3-17(11)9-15-5-7-16(8-6-15)10-18-4-2-14-12(18)20/h1-10H2,(H,13,19)(H,14,20). The van der Waals surface area contributed by atoms with E-state index in [9.17, 15) is 0 Å². The number of rotatable bonds is 4. The molecule has 0 spiro atoms. The van der Waals surface area contributed by atoms with Gasteiger partial charge in [0.15, 0.2) is 10.2 Å². The molecular weight excluding hydrogens is 292 g/mol. The van der Waals surface area contributed by atoms with Crippen molar-refractivity contribution in [3.05, 3.63) is 0 Å². The van der Waals surface area contributed by atoms with Crippen LogP contribution in [-0.4, -0.2) is 95.5 Å². The number of thiocarbonyl (C=S) groups is 2. The maximum atomic E-state index is 5.29. The van der Waals surface area contributed by atoms with Crippen LogP contribution in [0.1, 0.15) is 0 Å². The molecule has 20 heavy (non-hydrogen) atoms. The van der Waals surface area contributed by atoms with Crippen LogP contribution in [0.5, 0.6) is 0 Å². The third-order valence-electron chi connectivity index (χ3n) is 4.10. The number of nitrogens with zero attached hydrogens (tertiary/aromatic N) is 4. The molecule has 0 saturated carbocycles. The molecule has 3 saturated heterocycles. The molecule has 6 nitrogen and oxygen atoms in total. The van der Waals surface area contributed by atoms with Gasteiger partial charge in [0.05, 0.1) is 13.3 Å². The van der Waals surface area contributed by atoms with Crippen LogP contribution >= 0.6 is 24.4 Å². The fourth-order valence-corrected chi connectivity index (χ4v) is 3.35. The first-order valence-electron chi connectivity index (χ1n) is 7.22. The molecule has 3 fully saturated rings. The Labute approximate surface area is 131 Å². The largest absolute Gasteiger partial charge is 0.361 e. The highest BCUT2D eigenvalue weighted by atomic mass is 32.1. The second kappa shape index (κ2) is 6.38. The first-order valence-corrected chi connectivity index (χ1v) is 8.04. The van der Waals surface area contributed by atoms with Crippen molar-refractivity contribution in [1.29, 1.82) is 0 Å². The van der Waals surface area contributed by atoms with Crippen molar-refractivity contribution in [2.24, 2.45) is 0 Å². The lowest BCUT2D eigenvalue weighted by Gasteiger charge is -2.38. The zero-order chi connectivity index (χ0) is 13.9. The summed E-state index contributed by atoms with van der Waals surface area (Å²) in [5.74, 6) is 0. The third kappa shape index (κ3) is 3.30. The summed E-state index contributed by atoms with van der Waals surface area (Å²) in [6.45, 7) is 10.4. The van der Waals surface area contributed by atoms with Gasteiger partial charge in [0, 0.05) is 52.4 Å². The predicted molar refractivity (Wildman–Crippen MR) is 87.5 cm³/mol. The summed E-state index contributed by atoms with van der Waals surface area (Å²) in [5.41, 5.74) is 0. The predicted octanol–water partition coefficient (Wildman–Crippen LogP) is -1.10. The summed E-state index contributed by atoms with van der Waals surface area (Å²) < 4.78 is 0. The lowest BCUT2D eigenvalue weighted by Crippen LogP contribution is -2.53. The van der Waals surface area contributed by atoms with E-state index in [1.54, 1.807) is 0 Å². The zero-order valence-electron chi connectivity index (χ0n) is 11.7. The van der Waals surface area contributed by atoms with Gasteiger partial charge in [-0.1, -0.05) is 0 Å². The molecule has 0 atom stereocenters. The molecule has 0 aromatic heterocycles. The maximum absolute atomic E-state index is 5.29. The van der Waals surface area contributed by atoms with Crippen LogP contribution < -0.4 is 10.6 Å². The first kappa shape index (κ1) is 14.2. The van der Waals surface area contributed by atoms with Gasteiger partial charge in [-0.2, -0.15) is 0 Å². The summed E-state index contributed by atoms with van der Waals surface area (Å²) in [5, 5.41) is 8.23. The van der Waals surface area contributed by atoms with E-state index >= 15 is 0 Å². The van der Waals surface area contributed by atoms with Crippen LogP contribution in [0.3, 0.4) is 0 Å². The van der Waals surface area contributed by atoms with Gasteiger partial charge >= 0.3 is 0 Å². The van der Waals surface area contributed by atoms with Gasteiger partial charge in [0.25, 0.3) is 0 Å². The van der Waals surface area contributed by atoms with Gasteiger partial charge in [0.2, 0.25) is 0 Å². The van der Waals surface area contributed by atoms with Crippen molar-refractivity contribution >= 4 is 34.7 Å². The number of hydrogen-bond donors (Lipinski definition) is 2. The van der Waals surface area contributed by atoms with Crippen molar-refractivity contribution < 1.29 is 0 Å². The van der Waals surface area contributed by atoms with Crippen LogP contribution in [0.4, 0.5) is 0 Å². The van der Waals surface area contributed by atoms with E-state index in [2.05, 4.69) is 30.2 Å². The van der Waals surface area contributed by atoms with Crippen LogP contribution in [0.15, 0.2) is 0 Å². The molecule has 0 radical (unpaired) electrons. The number of nitrogens with one attached hydrogen (secondary N) is 2. The van der Waals surface area contributed by atoms with Crippen LogP contribution in [0.2, 0.25) is 0 Å². The highest BCUT2D eigenvalue weighted by Gasteiger charge is 2.24. The summed E-state index contributed by atoms with van der Waals surface area (Å²) in [6, 6.07) is 0. The molecule has 8 heteroatoms. The van der Waals surface area contributed by atoms with E-state index in [4.69, 9.17) is 24.4 Å². The normalized spacial score (nSPS) is 25.2. The molecule has 3 heterocycles. The van der Waals surface area contributed by atoms with E-state index < -0.39 is 0 Å². The van der Waals surface area contributed by atoms with Gasteiger partial charge < -0.3 is 20.4 Å². The van der Waals surface area contributed by atoms with E-state index in [0.29, 0.717) is 0 Å². The fourth-order valence-electron chi connectivity index (χ4n) is 2.85. The second-order valence-electron chi connectivity index (χ2n) is 5.51. The molecule has 0 bridgehead atoms. The first-order chi connectivity index (χ1) is 9.72. The molecule has 0 aromatic rings. The molecular formula is C12H22N6S2. The van der Waals surface area contributed by atoms with Gasteiger partial charge in [-0.05, 0) is 24.4 Å². The summed E-state index contributed by atoms with van der Waals surface area (Å²) in [7, 11) is 0. The Hall–Kier alpha value is -0.700. The van der Waals surface area contributed by atoms with Crippen LogP contribution in [0.25, 0.3) is 0 Å². The lowest BCUT2D eigenvalue weighted by atomic mass is 10.3. The van der Waals surface area contributed by atoms with Gasteiger partial charge in [-0.25, -0.2) is 0 Å². The molecule has 2 N–H and O–H groups in total. The average molecular weight is 314 g/mol. The molecule has 0 aromatic carbocycles. The van der Waals surface area contributed by atoms with E-state index in [1.807, 2.05) is 0 Å². The summed E-state index contributed by atoms with van der Waals surface area (Å²) >= 11 is 10.6. The Morgan fingerprint density at radius 1 is 0.700 bits per heavy atom. The van der Waals surface area contributed by atoms with E-state index in [0.717, 1.165) is 75.9 Å². The van der Waals surface area contributed by atoms with Crippen LogP contribution in [0, 0.1) is 0 Å². The fraction of sp³-hybridized carbons (Fsp3) is 0.833. The SMILES string of the molecule is S=C1NCCN1CN1CCN(CN2CCNC2=S)CC1. The maximum Gasteiger partial charge on any atom is 0.170 e. The molecule has 0 aliphatic carbocycles. The van der Waals surface area contributed by atoms with E-state index in [1.165, 1.54) is 0 Å². The smallest absolute Gasteiger partial charge is 0.170 e. The van der Waals surface area contributed by atoms with Crippen molar-refractivity contribution in [3.8, 4) is 0 Å². The Bertz CT molecular complexity index is 346. The minimum absolute atomic E-state index is 0.904. The zero-order valence-corrected chi connectivity index (χ0v) is 13.3. The highest BCUT2D eigenvalue weighted by molar-refractivity contribution is 7.80. The molecule has 0 amide bonds. The highest BCUT2D eigenvalue weighted by Crippen LogP contribution is 2.07. The molecule has 3 rings (SSSR count). The quantitative estimate of drug-likeness (QED) is 0.634. The second-order valence-corrected chi connectivity index (χ2v) is 6.28. The number of piperazine rings is 1. The van der Waals surface area contributed by atoms with Gasteiger partial charge in [0.1, 0.15) is 0 Å². The molecule has 0 unspecified atom stereocenters. The minimum Gasteiger partial charge on any atom is -0.361 e. The molecule has 112 valence electrons. The Balaban J connectivity index is 1.40. The number of hydrogen-bond acceptors (Lipinski definition) is 4. The third-order valence-corrected chi connectivity index (χ3v) is 4.90. The Morgan fingerprint density at radius 3 is 1.40 bits per heavy atom. The lowest BCUT2D eigenvalue weighted by molar-refractivity contribution is 0.0816. The topological polar surface area (TPSA) is 37.0 Å². The van der Waals surface area contributed by atoms with Crippen molar-refractivity contribution in [3.63, 3.8) is 0 Å². The van der Waals surface area contributed by atoms with Crippen LogP contribution in [-0.2, 0) is 0 Å². The summed E-state index contributed by atoms with van der Waals surface area (Å²) in [6.07, 6.45) is 0. The van der Waals surface area contributed by atoms with E-state index in [-0.39, 0.29) is 0 Å². The van der Waals surface area contributed by atoms with Gasteiger partial charge in [-0.3, -0.25) is 9.80 Å². The van der Waals surface area contributed by atoms with Crippen molar-refractivity contribution in [2.45, 2.75) is 0 Å². The molecule has 3 aliphatic rings. The summed E-state index contributed by atoms with van der Waals surface area (Å²) in [4.78, 5) is 9.47. The minimum atomic E-state index is 0.904. The Morgan fingerprint density at radius 2 is 1.10 bits per heavy atom. The van der Waals surface area contributed by atoms with Crippen molar-refractivity contribution in [2.75, 3.05) is 65.7 Å². The Kier molecular flexibility index (Phi) is 4.54. The average Bonchev–Trinajstić information content (AvgIpc) is 3.02.